The Labute approximate surface area is 113 Å². The van der Waals surface area contributed by atoms with Crippen LogP contribution < -0.4 is 0 Å². The Morgan fingerprint density at radius 1 is 1.35 bits per heavy atom. The van der Waals surface area contributed by atoms with E-state index >= 15 is 0 Å². The Morgan fingerprint density at radius 2 is 1.95 bits per heavy atom. The predicted molar refractivity (Wildman–Crippen MR) is 61.8 cm³/mol. The molecule has 1 aliphatic rings. The molecule has 1 saturated heterocycles. The Hall–Kier alpha value is -1.63. The van der Waals surface area contributed by atoms with Gasteiger partial charge in [-0.15, -0.1) is 0 Å². The number of alkyl halides is 3. The topological polar surface area (TPSA) is 29.5 Å². The Bertz CT molecular complexity index is 486. The highest BCUT2D eigenvalue weighted by Crippen LogP contribution is 2.35. The third-order valence-corrected chi connectivity index (χ3v) is 3.24. The van der Waals surface area contributed by atoms with Gasteiger partial charge in [0.15, 0.2) is 0 Å². The first-order valence-electron chi connectivity index (χ1n) is 6.09. The second kappa shape index (κ2) is 5.40. The van der Waals surface area contributed by atoms with Gasteiger partial charge in [0.2, 0.25) is 0 Å². The zero-order valence-electron chi connectivity index (χ0n) is 10.7. The lowest BCUT2D eigenvalue weighted by Gasteiger charge is -2.26. The molecule has 1 aromatic carbocycles. The first kappa shape index (κ1) is 14.8. The summed E-state index contributed by atoms with van der Waals surface area (Å²) in [5.41, 5.74) is 0.548. The quantitative estimate of drug-likeness (QED) is 0.783. The standard InChI is InChI=1S/C13H13F4NO2/c1-8(13(15,16)17)12(19)18-11(6-7-20-18)9-2-4-10(14)5-3-9/h2-5,8,11H,6-7H2,1H3/t8-,11-/m0/s1. The first-order valence-corrected chi connectivity index (χ1v) is 6.09. The van der Waals surface area contributed by atoms with E-state index in [0.717, 1.165) is 12.0 Å². The molecule has 1 aromatic rings. The lowest BCUT2D eigenvalue weighted by molar-refractivity contribution is -0.213. The Morgan fingerprint density at radius 3 is 2.50 bits per heavy atom. The number of hydrogen-bond acceptors (Lipinski definition) is 2. The second-order valence-electron chi connectivity index (χ2n) is 4.62. The summed E-state index contributed by atoms with van der Waals surface area (Å²) in [7, 11) is 0. The van der Waals surface area contributed by atoms with Gasteiger partial charge in [-0.2, -0.15) is 13.2 Å². The molecule has 1 aliphatic heterocycles. The van der Waals surface area contributed by atoms with Crippen LogP contribution in [-0.2, 0) is 9.63 Å². The molecule has 7 heteroatoms. The molecule has 110 valence electrons. The smallest absolute Gasteiger partial charge is 0.272 e. The summed E-state index contributed by atoms with van der Waals surface area (Å²) in [6.07, 6.45) is -4.24. The number of rotatable bonds is 2. The van der Waals surface area contributed by atoms with E-state index in [1.54, 1.807) is 0 Å². The average molecular weight is 291 g/mol. The molecule has 3 nitrogen and oxygen atoms in total. The fourth-order valence-corrected chi connectivity index (χ4v) is 2.00. The number of amides is 1. The molecule has 0 radical (unpaired) electrons. The lowest BCUT2D eigenvalue weighted by atomic mass is 10.0. The largest absolute Gasteiger partial charge is 0.400 e. The summed E-state index contributed by atoms with van der Waals surface area (Å²) in [5, 5.41) is 0.755. The molecule has 2 atom stereocenters. The van der Waals surface area contributed by atoms with E-state index in [9.17, 15) is 22.4 Å². The van der Waals surface area contributed by atoms with Gasteiger partial charge in [-0.1, -0.05) is 12.1 Å². The highest BCUT2D eigenvalue weighted by atomic mass is 19.4. The SMILES string of the molecule is C[C@@H](C(=O)N1OCC[C@H]1c1ccc(F)cc1)C(F)(F)F. The third-order valence-electron chi connectivity index (χ3n) is 3.24. The van der Waals surface area contributed by atoms with Crippen molar-refractivity contribution in [1.29, 1.82) is 0 Å². The van der Waals surface area contributed by atoms with Crippen molar-refractivity contribution in [2.75, 3.05) is 6.61 Å². The van der Waals surface area contributed by atoms with Crippen LogP contribution in [0.15, 0.2) is 24.3 Å². The van der Waals surface area contributed by atoms with Crippen molar-refractivity contribution in [2.45, 2.75) is 25.6 Å². The molecule has 0 spiro atoms. The number of hydroxylamine groups is 2. The number of halogens is 4. The Balaban J connectivity index is 2.19. The minimum Gasteiger partial charge on any atom is -0.272 e. The molecule has 0 aliphatic carbocycles. The molecule has 0 bridgehead atoms. The van der Waals surface area contributed by atoms with Gasteiger partial charge in [0.1, 0.15) is 11.7 Å². The lowest BCUT2D eigenvalue weighted by Crippen LogP contribution is -2.40. The average Bonchev–Trinajstić information content (AvgIpc) is 2.86. The molecular weight excluding hydrogens is 278 g/mol. The summed E-state index contributed by atoms with van der Waals surface area (Å²) in [4.78, 5) is 16.9. The molecule has 0 saturated carbocycles. The Kier molecular flexibility index (Phi) is 3.99. The maximum Gasteiger partial charge on any atom is 0.400 e. The minimum atomic E-state index is -4.61. The highest BCUT2D eigenvalue weighted by Gasteiger charge is 2.46. The van der Waals surface area contributed by atoms with Crippen LogP contribution in [0.3, 0.4) is 0 Å². The van der Waals surface area contributed by atoms with Gasteiger partial charge >= 0.3 is 6.18 Å². The monoisotopic (exact) mass is 291 g/mol. The van der Waals surface area contributed by atoms with Gasteiger partial charge < -0.3 is 0 Å². The number of nitrogens with zero attached hydrogens (tertiary/aromatic N) is 1. The predicted octanol–water partition coefficient (Wildman–Crippen LogP) is 3.23. The fourth-order valence-electron chi connectivity index (χ4n) is 2.00. The zero-order chi connectivity index (χ0) is 14.9. The van der Waals surface area contributed by atoms with Crippen LogP contribution in [0, 0.1) is 11.7 Å². The zero-order valence-corrected chi connectivity index (χ0v) is 10.7. The van der Waals surface area contributed by atoms with Crippen LogP contribution in [0.2, 0.25) is 0 Å². The van der Waals surface area contributed by atoms with Crippen LogP contribution in [0.5, 0.6) is 0 Å². The van der Waals surface area contributed by atoms with Gasteiger partial charge in [-0.25, -0.2) is 9.45 Å². The molecule has 1 fully saturated rings. The first-order chi connectivity index (χ1) is 9.30. The van der Waals surface area contributed by atoms with Crippen molar-refractivity contribution in [3.05, 3.63) is 35.6 Å². The highest BCUT2D eigenvalue weighted by molar-refractivity contribution is 5.79. The summed E-state index contributed by atoms with van der Waals surface area (Å²) in [6, 6.07) is 4.65. The van der Waals surface area contributed by atoms with Crippen LogP contribution in [0.25, 0.3) is 0 Å². The van der Waals surface area contributed by atoms with Crippen LogP contribution in [0.1, 0.15) is 24.9 Å². The summed E-state index contributed by atoms with van der Waals surface area (Å²) in [5.74, 6) is -3.72. The van der Waals surface area contributed by atoms with Crippen LogP contribution >= 0.6 is 0 Å². The van der Waals surface area contributed by atoms with E-state index in [4.69, 9.17) is 4.84 Å². The van der Waals surface area contributed by atoms with Crippen molar-refractivity contribution in [1.82, 2.24) is 5.06 Å². The number of carbonyl (C=O) groups is 1. The van der Waals surface area contributed by atoms with Gasteiger partial charge in [-0.3, -0.25) is 9.63 Å². The van der Waals surface area contributed by atoms with Crippen molar-refractivity contribution >= 4 is 5.91 Å². The van der Waals surface area contributed by atoms with Crippen molar-refractivity contribution in [2.24, 2.45) is 5.92 Å². The maximum absolute atomic E-state index is 12.9. The van der Waals surface area contributed by atoms with Gasteiger partial charge in [0.05, 0.1) is 12.6 Å². The van der Waals surface area contributed by atoms with Gasteiger partial charge in [-0.05, 0) is 24.6 Å². The van der Waals surface area contributed by atoms with E-state index in [1.807, 2.05) is 0 Å². The van der Waals surface area contributed by atoms with Crippen molar-refractivity contribution in [3.63, 3.8) is 0 Å². The van der Waals surface area contributed by atoms with Gasteiger partial charge in [0.25, 0.3) is 5.91 Å². The van der Waals surface area contributed by atoms with Crippen LogP contribution in [-0.4, -0.2) is 23.8 Å². The molecule has 1 heterocycles. The molecule has 0 aromatic heterocycles. The number of hydrogen-bond donors (Lipinski definition) is 0. The van der Waals surface area contributed by atoms with E-state index in [0.29, 0.717) is 12.0 Å². The molecule has 0 unspecified atom stereocenters. The fraction of sp³-hybridized carbons (Fsp3) is 0.462. The molecule has 2 rings (SSSR count). The van der Waals surface area contributed by atoms with Crippen molar-refractivity contribution < 1.29 is 27.2 Å². The molecule has 20 heavy (non-hydrogen) atoms. The maximum atomic E-state index is 12.9. The van der Waals surface area contributed by atoms with E-state index in [2.05, 4.69) is 0 Å². The van der Waals surface area contributed by atoms with E-state index in [-0.39, 0.29) is 6.61 Å². The normalized spacial score (nSPS) is 21.1. The van der Waals surface area contributed by atoms with Gasteiger partial charge in [0, 0.05) is 6.42 Å². The summed E-state index contributed by atoms with van der Waals surface area (Å²) < 4.78 is 50.6. The number of benzene rings is 1. The molecule has 1 amide bonds. The van der Waals surface area contributed by atoms with Crippen LogP contribution in [0.4, 0.5) is 17.6 Å². The number of carbonyl (C=O) groups excluding carboxylic acids is 1. The second-order valence-corrected chi connectivity index (χ2v) is 4.62. The minimum absolute atomic E-state index is 0.151. The van der Waals surface area contributed by atoms with Crippen molar-refractivity contribution in [3.8, 4) is 0 Å². The molecular formula is C13H13F4NO2. The summed E-state index contributed by atoms with van der Waals surface area (Å²) in [6.45, 7) is 0.949. The summed E-state index contributed by atoms with van der Waals surface area (Å²) >= 11 is 0. The molecule has 0 N–H and O–H groups in total. The third kappa shape index (κ3) is 2.92. The van der Waals surface area contributed by atoms with E-state index < -0.39 is 29.9 Å². The van der Waals surface area contributed by atoms with E-state index in [1.165, 1.54) is 24.3 Å².